The van der Waals surface area contributed by atoms with Gasteiger partial charge in [-0.2, -0.15) is 0 Å². The van der Waals surface area contributed by atoms with E-state index >= 15 is 0 Å². The molecule has 3 heterocycles. The first-order valence-corrected chi connectivity index (χ1v) is 9.33. The lowest BCUT2D eigenvalue weighted by molar-refractivity contribution is -0.116. The standard InChI is InChI=1S/C21H18FN5O/c22-12-7-8-17-15(10-12)18(20(28)25-17)19-14-5-3-6-16(14)26-21(27-19)24-11-13-4-1-2-9-23-13/h1-2,4,7-10,18H,3,5-6,11H2,(H,25,28)(H,24,26,27). The Morgan fingerprint density at radius 1 is 1.18 bits per heavy atom. The van der Waals surface area contributed by atoms with Crippen molar-refractivity contribution in [3.05, 3.63) is 76.6 Å². The van der Waals surface area contributed by atoms with E-state index in [2.05, 4.69) is 25.6 Å². The van der Waals surface area contributed by atoms with Crippen molar-refractivity contribution in [1.82, 2.24) is 15.0 Å². The van der Waals surface area contributed by atoms with Crippen LogP contribution in [0.25, 0.3) is 0 Å². The molecule has 2 N–H and O–H groups in total. The number of pyridine rings is 1. The molecule has 6 nitrogen and oxygen atoms in total. The Labute approximate surface area is 161 Å². The number of aromatic nitrogens is 3. The van der Waals surface area contributed by atoms with Gasteiger partial charge >= 0.3 is 0 Å². The molecule has 3 aromatic rings. The van der Waals surface area contributed by atoms with Gasteiger partial charge in [-0.25, -0.2) is 14.4 Å². The van der Waals surface area contributed by atoms with Gasteiger partial charge in [0.15, 0.2) is 0 Å². The number of amides is 1. The maximum atomic E-state index is 13.8. The van der Waals surface area contributed by atoms with Crippen molar-refractivity contribution in [3.63, 3.8) is 0 Å². The summed E-state index contributed by atoms with van der Waals surface area (Å²) in [5.74, 6) is -0.682. The number of nitrogens with zero attached hydrogens (tertiary/aromatic N) is 3. The first-order valence-electron chi connectivity index (χ1n) is 9.33. The van der Waals surface area contributed by atoms with Crippen LogP contribution in [0.5, 0.6) is 0 Å². The summed E-state index contributed by atoms with van der Waals surface area (Å²) in [6.07, 6.45) is 4.40. The van der Waals surface area contributed by atoms with E-state index in [1.54, 1.807) is 12.3 Å². The second kappa shape index (κ2) is 6.67. The van der Waals surface area contributed by atoms with Crippen LogP contribution in [0.4, 0.5) is 16.0 Å². The van der Waals surface area contributed by atoms with Crippen molar-refractivity contribution in [3.8, 4) is 0 Å². The fraction of sp³-hybridized carbons (Fsp3) is 0.238. The molecule has 0 saturated heterocycles. The zero-order valence-corrected chi connectivity index (χ0v) is 15.1. The van der Waals surface area contributed by atoms with Crippen molar-refractivity contribution in [1.29, 1.82) is 0 Å². The van der Waals surface area contributed by atoms with Gasteiger partial charge < -0.3 is 10.6 Å². The predicted molar refractivity (Wildman–Crippen MR) is 102 cm³/mol. The Bertz CT molecular complexity index is 1070. The number of halogens is 1. The van der Waals surface area contributed by atoms with E-state index in [0.29, 0.717) is 29.4 Å². The van der Waals surface area contributed by atoms with Gasteiger partial charge in [-0.05, 0) is 60.7 Å². The lowest BCUT2D eigenvalue weighted by atomic mass is 9.93. The summed E-state index contributed by atoms with van der Waals surface area (Å²) in [7, 11) is 0. The molecule has 5 rings (SSSR count). The van der Waals surface area contributed by atoms with Gasteiger partial charge in [0.05, 0.1) is 17.9 Å². The zero-order chi connectivity index (χ0) is 19.1. The molecule has 1 atom stereocenters. The summed E-state index contributed by atoms with van der Waals surface area (Å²) in [6.45, 7) is 0.487. The van der Waals surface area contributed by atoms with E-state index in [0.717, 1.165) is 36.2 Å². The average molecular weight is 375 g/mol. The molecule has 2 aliphatic rings. The van der Waals surface area contributed by atoms with E-state index in [4.69, 9.17) is 0 Å². The number of rotatable bonds is 4. The van der Waals surface area contributed by atoms with E-state index < -0.39 is 5.92 Å². The van der Waals surface area contributed by atoms with Crippen LogP contribution in [-0.2, 0) is 24.2 Å². The van der Waals surface area contributed by atoms with Gasteiger partial charge in [0.1, 0.15) is 11.7 Å². The normalized spacial score (nSPS) is 17.2. The van der Waals surface area contributed by atoms with Gasteiger partial charge in [-0.1, -0.05) is 6.07 Å². The van der Waals surface area contributed by atoms with Crippen LogP contribution >= 0.6 is 0 Å². The molecule has 0 bridgehead atoms. The third-order valence-corrected chi connectivity index (χ3v) is 5.24. The van der Waals surface area contributed by atoms with Gasteiger partial charge in [0.25, 0.3) is 0 Å². The Morgan fingerprint density at radius 3 is 2.96 bits per heavy atom. The summed E-state index contributed by atoms with van der Waals surface area (Å²) in [5.41, 5.74) is 4.80. The summed E-state index contributed by atoms with van der Waals surface area (Å²) in [4.78, 5) is 26.3. The van der Waals surface area contributed by atoms with Crippen LogP contribution in [0.2, 0.25) is 0 Å². The van der Waals surface area contributed by atoms with Crippen LogP contribution in [-0.4, -0.2) is 20.9 Å². The molecule has 140 valence electrons. The number of aryl methyl sites for hydroxylation is 1. The molecular weight excluding hydrogens is 357 g/mol. The maximum Gasteiger partial charge on any atom is 0.238 e. The molecule has 0 saturated carbocycles. The molecule has 0 radical (unpaired) electrons. The fourth-order valence-corrected chi connectivity index (χ4v) is 3.96. The zero-order valence-electron chi connectivity index (χ0n) is 15.1. The van der Waals surface area contributed by atoms with Gasteiger partial charge in [-0.15, -0.1) is 0 Å². The minimum atomic E-state index is -0.615. The number of hydrogen-bond donors (Lipinski definition) is 2. The average Bonchev–Trinajstić information content (AvgIpc) is 3.30. The number of benzene rings is 1. The molecule has 1 amide bonds. The molecule has 1 aromatic carbocycles. The minimum Gasteiger partial charge on any atom is -0.349 e. The summed E-state index contributed by atoms with van der Waals surface area (Å²) < 4.78 is 13.8. The van der Waals surface area contributed by atoms with Crippen LogP contribution in [0, 0.1) is 5.82 Å². The molecule has 2 aromatic heterocycles. The number of nitrogens with one attached hydrogen (secondary N) is 2. The Morgan fingerprint density at radius 2 is 2.11 bits per heavy atom. The van der Waals surface area contributed by atoms with E-state index in [-0.39, 0.29) is 11.7 Å². The molecule has 1 unspecified atom stereocenters. The van der Waals surface area contributed by atoms with Crippen molar-refractivity contribution in [2.24, 2.45) is 0 Å². The summed E-state index contributed by atoms with van der Waals surface area (Å²) in [6, 6.07) is 10.1. The first-order chi connectivity index (χ1) is 13.7. The lowest BCUT2D eigenvalue weighted by Crippen LogP contribution is -2.18. The number of anilines is 2. The molecule has 7 heteroatoms. The second-order valence-electron chi connectivity index (χ2n) is 7.04. The number of carbonyl (C=O) groups is 1. The molecule has 28 heavy (non-hydrogen) atoms. The summed E-state index contributed by atoms with van der Waals surface area (Å²) >= 11 is 0. The molecule has 0 spiro atoms. The Kier molecular flexibility index (Phi) is 4.00. The highest BCUT2D eigenvalue weighted by Crippen LogP contribution is 2.40. The Hall–Kier alpha value is -3.35. The highest BCUT2D eigenvalue weighted by atomic mass is 19.1. The number of fused-ring (bicyclic) bond motifs is 2. The van der Waals surface area contributed by atoms with Crippen molar-refractivity contribution in [2.75, 3.05) is 10.6 Å². The first kappa shape index (κ1) is 16.8. The lowest BCUT2D eigenvalue weighted by Gasteiger charge is -2.15. The van der Waals surface area contributed by atoms with Crippen LogP contribution in [0.15, 0.2) is 42.6 Å². The summed E-state index contributed by atoms with van der Waals surface area (Å²) in [5, 5.41) is 6.06. The SMILES string of the molecule is O=C1Nc2ccc(F)cc2C1c1nc(NCc2ccccn2)nc2c1CCC2. The van der Waals surface area contributed by atoms with Crippen molar-refractivity contribution >= 4 is 17.5 Å². The number of hydrogen-bond acceptors (Lipinski definition) is 5. The molecule has 1 aliphatic carbocycles. The maximum absolute atomic E-state index is 13.8. The fourth-order valence-electron chi connectivity index (χ4n) is 3.96. The predicted octanol–water partition coefficient (Wildman–Crippen LogP) is 3.20. The third kappa shape index (κ3) is 2.89. The smallest absolute Gasteiger partial charge is 0.238 e. The van der Waals surface area contributed by atoms with E-state index in [9.17, 15) is 9.18 Å². The quantitative estimate of drug-likeness (QED) is 0.732. The largest absolute Gasteiger partial charge is 0.349 e. The van der Waals surface area contributed by atoms with Gasteiger partial charge in [0.2, 0.25) is 11.9 Å². The van der Waals surface area contributed by atoms with Gasteiger partial charge in [0, 0.05) is 17.6 Å². The molecular formula is C21H18FN5O. The molecule has 0 fully saturated rings. The van der Waals surface area contributed by atoms with Crippen LogP contribution < -0.4 is 10.6 Å². The van der Waals surface area contributed by atoms with Gasteiger partial charge in [-0.3, -0.25) is 9.78 Å². The topological polar surface area (TPSA) is 79.8 Å². The Balaban J connectivity index is 1.54. The third-order valence-electron chi connectivity index (χ3n) is 5.24. The minimum absolute atomic E-state index is 0.177. The highest BCUT2D eigenvalue weighted by molar-refractivity contribution is 6.05. The van der Waals surface area contributed by atoms with E-state index in [1.807, 2.05) is 18.2 Å². The van der Waals surface area contributed by atoms with E-state index in [1.165, 1.54) is 12.1 Å². The van der Waals surface area contributed by atoms with Crippen molar-refractivity contribution in [2.45, 2.75) is 31.7 Å². The van der Waals surface area contributed by atoms with Crippen molar-refractivity contribution < 1.29 is 9.18 Å². The van der Waals surface area contributed by atoms with Crippen LogP contribution in [0.3, 0.4) is 0 Å². The monoisotopic (exact) mass is 375 g/mol. The van der Waals surface area contributed by atoms with Crippen LogP contribution in [0.1, 0.15) is 40.5 Å². The second-order valence-corrected chi connectivity index (χ2v) is 7.04. The molecule has 1 aliphatic heterocycles. The highest BCUT2D eigenvalue weighted by Gasteiger charge is 2.37. The number of carbonyl (C=O) groups excluding carboxylic acids is 1.